The highest BCUT2D eigenvalue weighted by molar-refractivity contribution is 7.92. The van der Waals surface area contributed by atoms with E-state index in [9.17, 15) is 13.2 Å². The Labute approximate surface area is 198 Å². The summed E-state index contributed by atoms with van der Waals surface area (Å²) in [5.41, 5.74) is 0.838. The van der Waals surface area contributed by atoms with Gasteiger partial charge in [0.1, 0.15) is 16.2 Å². The fourth-order valence-electron chi connectivity index (χ4n) is 3.56. The number of halogens is 1. The van der Waals surface area contributed by atoms with E-state index < -0.39 is 14.6 Å². The highest BCUT2D eigenvalue weighted by atomic mass is 35.5. The van der Waals surface area contributed by atoms with Crippen LogP contribution in [0.4, 0.5) is 5.69 Å². The van der Waals surface area contributed by atoms with E-state index in [1.165, 1.54) is 38.7 Å². The molecule has 0 aliphatic rings. The van der Waals surface area contributed by atoms with Crippen molar-refractivity contribution in [2.24, 2.45) is 0 Å². The predicted octanol–water partition coefficient (Wildman–Crippen LogP) is 4.86. The molecule has 174 valence electrons. The van der Waals surface area contributed by atoms with Crippen LogP contribution in [-0.2, 0) is 19.4 Å². The first-order chi connectivity index (χ1) is 15.7. The molecule has 3 aromatic rings. The minimum Gasteiger partial charge on any atom is -0.497 e. The van der Waals surface area contributed by atoms with Crippen LogP contribution in [0.25, 0.3) is 0 Å². The number of ether oxygens (including phenoxy) is 2. The van der Waals surface area contributed by atoms with Crippen molar-refractivity contribution in [2.45, 2.75) is 29.4 Å². The summed E-state index contributed by atoms with van der Waals surface area (Å²) in [6.07, 6.45) is 2.84. The molecule has 1 aromatic heterocycles. The van der Waals surface area contributed by atoms with Gasteiger partial charge in [0.05, 0.1) is 36.0 Å². The Morgan fingerprint density at radius 2 is 1.79 bits per heavy atom. The van der Waals surface area contributed by atoms with Crippen molar-refractivity contribution in [1.82, 2.24) is 4.98 Å². The number of carbonyl (C=O) groups is 1. The molecule has 1 N–H and O–H groups in total. The minimum absolute atomic E-state index is 0.00637. The number of amides is 1. The number of benzene rings is 2. The van der Waals surface area contributed by atoms with E-state index in [1.54, 1.807) is 49.4 Å². The minimum atomic E-state index is -3.94. The number of carbonyl (C=O) groups excluding carboxylic acids is 1. The fraction of sp³-hybridized carbons (Fsp3) is 0.250. The van der Waals surface area contributed by atoms with Gasteiger partial charge in [0, 0.05) is 18.2 Å². The zero-order chi connectivity index (χ0) is 24.1. The number of nitrogens with one attached hydrogen (secondary N) is 1. The quantitative estimate of drug-likeness (QED) is 0.462. The van der Waals surface area contributed by atoms with Crippen LogP contribution in [0.3, 0.4) is 0 Å². The van der Waals surface area contributed by atoms with E-state index in [4.69, 9.17) is 21.1 Å². The van der Waals surface area contributed by atoms with Gasteiger partial charge in [-0.05, 0) is 49.7 Å². The van der Waals surface area contributed by atoms with Crippen LogP contribution in [0.1, 0.15) is 25.3 Å². The summed E-state index contributed by atoms with van der Waals surface area (Å²) in [7, 11) is -0.962. The topological polar surface area (TPSA) is 94.6 Å². The summed E-state index contributed by atoms with van der Waals surface area (Å²) in [5, 5.41) is 3.09. The van der Waals surface area contributed by atoms with Crippen LogP contribution < -0.4 is 14.8 Å². The number of hydrogen-bond acceptors (Lipinski definition) is 6. The van der Waals surface area contributed by atoms with E-state index in [0.717, 1.165) is 0 Å². The number of rotatable bonds is 9. The molecule has 1 atom stereocenters. The summed E-state index contributed by atoms with van der Waals surface area (Å²) in [6, 6.07) is 14.7. The maximum Gasteiger partial charge on any atom is 0.224 e. The average Bonchev–Trinajstić information content (AvgIpc) is 2.82. The second-order valence-corrected chi connectivity index (χ2v) is 10.4. The fourth-order valence-corrected chi connectivity index (χ4v) is 5.59. The number of sulfone groups is 1. The molecule has 0 bridgehead atoms. The second kappa shape index (κ2) is 10.2. The van der Waals surface area contributed by atoms with Crippen LogP contribution in [0.2, 0.25) is 5.02 Å². The summed E-state index contributed by atoms with van der Waals surface area (Å²) in [6.45, 7) is 1.60. The van der Waals surface area contributed by atoms with E-state index in [0.29, 0.717) is 27.8 Å². The Hall–Kier alpha value is -3.10. The standard InChI is InChI=1S/C24H25ClN2O5S/c1-24(33(29,30)20-7-5-4-6-8-20,21-14-19(31-2)9-10-22(21)32-3)12-11-23(28)27-18-13-17(25)15-26-16-18/h4-10,13-16H,11-12H2,1-3H3,(H,27,28). The van der Waals surface area contributed by atoms with Crippen LogP contribution in [0.5, 0.6) is 11.5 Å². The lowest BCUT2D eigenvalue weighted by Crippen LogP contribution is -2.34. The normalized spacial score (nSPS) is 13.1. The van der Waals surface area contributed by atoms with E-state index >= 15 is 0 Å². The summed E-state index contributed by atoms with van der Waals surface area (Å²) >= 11 is 5.93. The predicted molar refractivity (Wildman–Crippen MR) is 128 cm³/mol. The van der Waals surface area contributed by atoms with Crippen molar-refractivity contribution >= 4 is 33.0 Å². The molecule has 1 heterocycles. The van der Waals surface area contributed by atoms with Crippen molar-refractivity contribution in [3.05, 3.63) is 77.6 Å². The number of nitrogens with zero attached hydrogens (tertiary/aromatic N) is 1. The SMILES string of the molecule is COc1ccc(OC)c(C(C)(CCC(=O)Nc2cncc(Cl)c2)S(=O)(=O)c2ccccc2)c1. The molecule has 1 amide bonds. The molecule has 33 heavy (non-hydrogen) atoms. The highest BCUT2D eigenvalue weighted by Gasteiger charge is 2.44. The molecular weight excluding hydrogens is 464 g/mol. The van der Waals surface area contributed by atoms with Gasteiger partial charge in [0.2, 0.25) is 5.91 Å². The van der Waals surface area contributed by atoms with Gasteiger partial charge in [-0.1, -0.05) is 29.8 Å². The maximum absolute atomic E-state index is 13.9. The third-order valence-electron chi connectivity index (χ3n) is 5.44. The van der Waals surface area contributed by atoms with Crippen molar-refractivity contribution in [1.29, 1.82) is 0 Å². The first kappa shape index (κ1) is 24.5. The average molecular weight is 489 g/mol. The molecule has 1 unspecified atom stereocenters. The van der Waals surface area contributed by atoms with E-state index in [-0.39, 0.29) is 23.6 Å². The molecule has 0 fully saturated rings. The molecular formula is C24H25ClN2O5S. The molecule has 0 aliphatic heterocycles. The Morgan fingerprint density at radius 1 is 1.06 bits per heavy atom. The Morgan fingerprint density at radius 3 is 2.42 bits per heavy atom. The van der Waals surface area contributed by atoms with Crippen LogP contribution in [0.15, 0.2) is 71.9 Å². The van der Waals surface area contributed by atoms with Gasteiger partial charge in [-0.2, -0.15) is 0 Å². The molecule has 3 rings (SSSR count). The first-order valence-corrected chi connectivity index (χ1v) is 12.0. The molecule has 0 spiro atoms. The smallest absolute Gasteiger partial charge is 0.224 e. The van der Waals surface area contributed by atoms with E-state index in [1.807, 2.05) is 0 Å². The maximum atomic E-state index is 13.9. The molecule has 7 nitrogen and oxygen atoms in total. The Kier molecular flexibility index (Phi) is 7.61. The lowest BCUT2D eigenvalue weighted by atomic mass is 9.93. The van der Waals surface area contributed by atoms with Crippen molar-refractivity contribution in [3.63, 3.8) is 0 Å². The Bertz CT molecular complexity index is 1230. The number of pyridine rings is 1. The number of anilines is 1. The first-order valence-electron chi connectivity index (χ1n) is 10.1. The molecule has 0 saturated carbocycles. The third-order valence-corrected chi connectivity index (χ3v) is 8.15. The van der Waals surface area contributed by atoms with E-state index in [2.05, 4.69) is 10.3 Å². The van der Waals surface area contributed by atoms with Crippen LogP contribution in [0, 0.1) is 0 Å². The zero-order valence-corrected chi connectivity index (χ0v) is 20.1. The molecule has 9 heteroatoms. The van der Waals surface area contributed by atoms with Gasteiger partial charge in [-0.25, -0.2) is 8.42 Å². The lowest BCUT2D eigenvalue weighted by molar-refractivity contribution is -0.116. The Balaban J connectivity index is 2.02. The van der Waals surface area contributed by atoms with Gasteiger partial charge in [-0.3, -0.25) is 9.78 Å². The van der Waals surface area contributed by atoms with Crippen molar-refractivity contribution in [2.75, 3.05) is 19.5 Å². The number of aromatic nitrogens is 1. The number of hydrogen-bond donors (Lipinski definition) is 1. The van der Waals surface area contributed by atoms with Gasteiger partial charge >= 0.3 is 0 Å². The van der Waals surface area contributed by atoms with Gasteiger partial charge in [0.25, 0.3) is 0 Å². The molecule has 0 saturated heterocycles. The zero-order valence-electron chi connectivity index (χ0n) is 18.5. The van der Waals surface area contributed by atoms with Crippen LogP contribution in [-0.4, -0.2) is 33.5 Å². The second-order valence-electron chi connectivity index (χ2n) is 7.55. The lowest BCUT2D eigenvalue weighted by Gasteiger charge is -2.31. The van der Waals surface area contributed by atoms with Gasteiger partial charge in [0.15, 0.2) is 9.84 Å². The number of methoxy groups -OCH3 is 2. The summed E-state index contributed by atoms with van der Waals surface area (Å²) in [4.78, 5) is 16.8. The summed E-state index contributed by atoms with van der Waals surface area (Å²) in [5.74, 6) is 0.502. The van der Waals surface area contributed by atoms with Crippen molar-refractivity contribution in [3.8, 4) is 11.5 Å². The van der Waals surface area contributed by atoms with Gasteiger partial charge in [-0.15, -0.1) is 0 Å². The molecule has 2 aromatic carbocycles. The van der Waals surface area contributed by atoms with Crippen molar-refractivity contribution < 1.29 is 22.7 Å². The summed E-state index contributed by atoms with van der Waals surface area (Å²) < 4.78 is 37.1. The van der Waals surface area contributed by atoms with Crippen LogP contribution >= 0.6 is 11.6 Å². The molecule has 0 aliphatic carbocycles. The highest BCUT2D eigenvalue weighted by Crippen LogP contribution is 2.44. The largest absolute Gasteiger partial charge is 0.497 e. The van der Waals surface area contributed by atoms with Gasteiger partial charge < -0.3 is 14.8 Å². The molecule has 0 radical (unpaired) electrons. The monoisotopic (exact) mass is 488 g/mol. The third kappa shape index (κ3) is 5.29.